The molecule has 104 valence electrons. The molecule has 0 spiro atoms. The molecule has 1 N–H and O–H groups in total. The zero-order valence-corrected chi connectivity index (χ0v) is 12.2. The molecule has 0 aliphatic carbocycles. The lowest BCUT2D eigenvalue weighted by molar-refractivity contribution is 0.277. The van der Waals surface area contributed by atoms with E-state index in [1.54, 1.807) is 18.8 Å². The van der Waals surface area contributed by atoms with Crippen molar-refractivity contribution in [3.05, 3.63) is 12.4 Å². The molecular weight excluding hydrogens is 274 g/mol. The van der Waals surface area contributed by atoms with Crippen molar-refractivity contribution in [3.8, 4) is 0 Å². The van der Waals surface area contributed by atoms with Crippen molar-refractivity contribution in [3.63, 3.8) is 0 Å². The quantitative estimate of drug-likeness (QED) is 0.743. The fraction of sp³-hybridized carbons (Fsp3) is 0.700. The predicted molar refractivity (Wildman–Crippen MR) is 72.1 cm³/mol. The van der Waals surface area contributed by atoms with Crippen LogP contribution in [0, 0.1) is 0 Å². The van der Waals surface area contributed by atoms with Crippen molar-refractivity contribution in [2.24, 2.45) is 0 Å². The SMILES string of the molecule is CSCCN(C)S(=O)(=O)c1cnn(CCCO)c1. The van der Waals surface area contributed by atoms with Crippen LogP contribution in [0.25, 0.3) is 0 Å². The molecule has 1 heterocycles. The van der Waals surface area contributed by atoms with Crippen LogP contribution in [0.15, 0.2) is 17.3 Å². The lowest BCUT2D eigenvalue weighted by atomic mass is 10.5. The average molecular weight is 293 g/mol. The molecule has 1 aromatic rings. The molecule has 0 atom stereocenters. The zero-order chi connectivity index (χ0) is 13.6. The van der Waals surface area contributed by atoms with Gasteiger partial charge in [0.1, 0.15) is 4.90 Å². The number of hydrogen-bond donors (Lipinski definition) is 1. The van der Waals surface area contributed by atoms with Crippen LogP contribution in [0.3, 0.4) is 0 Å². The Kier molecular flexibility index (Phi) is 6.13. The van der Waals surface area contributed by atoms with Gasteiger partial charge in [-0.3, -0.25) is 4.68 Å². The number of sulfonamides is 1. The molecule has 1 aromatic heterocycles. The Hall–Kier alpha value is -0.570. The molecule has 0 saturated heterocycles. The molecule has 0 amide bonds. The normalized spacial score (nSPS) is 12.2. The van der Waals surface area contributed by atoms with E-state index in [-0.39, 0.29) is 11.5 Å². The minimum absolute atomic E-state index is 0.0650. The third kappa shape index (κ3) is 3.98. The van der Waals surface area contributed by atoms with Crippen LogP contribution in [0.2, 0.25) is 0 Å². The number of hydrogen-bond acceptors (Lipinski definition) is 5. The second kappa shape index (κ2) is 7.13. The van der Waals surface area contributed by atoms with Gasteiger partial charge in [0.2, 0.25) is 10.0 Å². The maximum Gasteiger partial charge on any atom is 0.245 e. The summed E-state index contributed by atoms with van der Waals surface area (Å²) >= 11 is 1.60. The third-order valence-electron chi connectivity index (χ3n) is 2.47. The van der Waals surface area contributed by atoms with Crippen LogP contribution in [0.4, 0.5) is 0 Å². The minimum atomic E-state index is -3.44. The molecule has 0 bridgehead atoms. The third-order valence-corrected chi connectivity index (χ3v) is 4.87. The highest BCUT2D eigenvalue weighted by molar-refractivity contribution is 7.98. The summed E-state index contributed by atoms with van der Waals surface area (Å²) in [7, 11) is -1.88. The van der Waals surface area contributed by atoms with Gasteiger partial charge in [0, 0.05) is 38.7 Å². The average Bonchev–Trinajstić information content (AvgIpc) is 2.82. The number of aliphatic hydroxyl groups is 1. The minimum Gasteiger partial charge on any atom is -0.396 e. The lowest BCUT2D eigenvalue weighted by Gasteiger charge is -2.14. The van der Waals surface area contributed by atoms with Gasteiger partial charge < -0.3 is 5.11 Å². The number of rotatable bonds is 8. The fourth-order valence-corrected chi connectivity index (χ4v) is 3.05. The number of thioether (sulfide) groups is 1. The molecule has 0 aliphatic rings. The Morgan fingerprint density at radius 1 is 1.56 bits per heavy atom. The monoisotopic (exact) mass is 293 g/mol. The summed E-state index contributed by atoms with van der Waals surface area (Å²) in [6.45, 7) is 1.06. The largest absolute Gasteiger partial charge is 0.396 e. The highest BCUT2D eigenvalue weighted by atomic mass is 32.2. The molecule has 0 aliphatic heterocycles. The summed E-state index contributed by atoms with van der Waals surface area (Å²) in [5, 5.41) is 12.7. The Bertz CT molecular complexity index is 459. The molecule has 6 nitrogen and oxygen atoms in total. The van der Waals surface area contributed by atoms with Crippen molar-refractivity contribution in [1.29, 1.82) is 0 Å². The second-order valence-corrected chi connectivity index (χ2v) is 6.87. The molecule has 0 saturated carbocycles. The highest BCUT2D eigenvalue weighted by Crippen LogP contribution is 2.13. The first-order valence-corrected chi connectivity index (χ1v) is 8.44. The van der Waals surface area contributed by atoms with Gasteiger partial charge in [-0.15, -0.1) is 0 Å². The molecule has 1 rings (SSSR count). The van der Waals surface area contributed by atoms with Crippen LogP contribution < -0.4 is 0 Å². The molecule has 18 heavy (non-hydrogen) atoms. The van der Waals surface area contributed by atoms with Gasteiger partial charge in [-0.2, -0.15) is 16.9 Å². The number of aryl methyl sites for hydroxylation is 1. The number of aromatic nitrogens is 2. The summed E-state index contributed by atoms with van der Waals surface area (Å²) in [5.74, 6) is 0.758. The number of nitrogens with zero attached hydrogens (tertiary/aromatic N) is 3. The smallest absolute Gasteiger partial charge is 0.245 e. The van der Waals surface area contributed by atoms with Crippen molar-refractivity contribution < 1.29 is 13.5 Å². The standard InChI is InChI=1S/C10H19N3O3S2/c1-12(5-7-17-2)18(15,16)10-8-11-13(9-10)4-3-6-14/h8-9,14H,3-7H2,1-2H3. The van der Waals surface area contributed by atoms with E-state index < -0.39 is 10.0 Å². The summed E-state index contributed by atoms with van der Waals surface area (Å²) in [6, 6.07) is 0. The van der Waals surface area contributed by atoms with E-state index in [9.17, 15) is 8.42 Å². The molecule has 0 radical (unpaired) electrons. The first kappa shape index (κ1) is 15.5. The van der Waals surface area contributed by atoms with Gasteiger partial charge in [0.15, 0.2) is 0 Å². The summed E-state index contributed by atoms with van der Waals surface area (Å²) < 4.78 is 27.1. The number of aliphatic hydroxyl groups excluding tert-OH is 1. The topological polar surface area (TPSA) is 75.4 Å². The van der Waals surface area contributed by atoms with E-state index >= 15 is 0 Å². The summed E-state index contributed by atoms with van der Waals surface area (Å²) in [5.41, 5.74) is 0. The van der Waals surface area contributed by atoms with E-state index in [0.717, 1.165) is 5.75 Å². The Morgan fingerprint density at radius 3 is 2.89 bits per heavy atom. The van der Waals surface area contributed by atoms with Crippen molar-refractivity contribution in [1.82, 2.24) is 14.1 Å². The van der Waals surface area contributed by atoms with Gasteiger partial charge >= 0.3 is 0 Å². The molecule has 8 heteroatoms. The van der Waals surface area contributed by atoms with Gasteiger partial charge in [-0.05, 0) is 12.7 Å². The van der Waals surface area contributed by atoms with Crippen LogP contribution >= 0.6 is 11.8 Å². The Balaban J connectivity index is 2.75. The zero-order valence-electron chi connectivity index (χ0n) is 10.6. The van der Waals surface area contributed by atoms with E-state index in [2.05, 4.69) is 5.10 Å². The summed E-state index contributed by atoms with van der Waals surface area (Å²) in [4.78, 5) is 0.198. The maximum atomic E-state index is 12.1. The molecule has 0 unspecified atom stereocenters. The predicted octanol–water partition coefficient (Wildman–Crippen LogP) is 0.249. The molecular formula is C10H19N3O3S2. The van der Waals surface area contributed by atoms with Gasteiger partial charge in [-0.25, -0.2) is 12.7 Å². The van der Waals surface area contributed by atoms with Gasteiger partial charge in [0.25, 0.3) is 0 Å². The van der Waals surface area contributed by atoms with Crippen LogP contribution in [0.1, 0.15) is 6.42 Å². The van der Waals surface area contributed by atoms with Crippen molar-refractivity contribution >= 4 is 21.8 Å². The Labute approximate surface area is 112 Å². The van der Waals surface area contributed by atoms with Crippen LogP contribution in [-0.4, -0.2) is 59.8 Å². The molecule has 0 aromatic carbocycles. The van der Waals surface area contributed by atoms with E-state index in [0.29, 0.717) is 19.5 Å². The first-order valence-electron chi connectivity index (χ1n) is 5.61. The first-order chi connectivity index (χ1) is 8.52. The van der Waals surface area contributed by atoms with E-state index in [4.69, 9.17) is 5.11 Å². The van der Waals surface area contributed by atoms with Gasteiger partial charge in [-0.1, -0.05) is 0 Å². The summed E-state index contributed by atoms with van der Waals surface area (Å²) in [6.07, 6.45) is 5.35. The van der Waals surface area contributed by atoms with Crippen LogP contribution in [0.5, 0.6) is 0 Å². The molecule has 0 fully saturated rings. The second-order valence-electron chi connectivity index (χ2n) is 3.84. The highest BCUT2D eigenvalue weighted by Gasteiger charge is 2.21. The van der Waals surface area contributed by atoms with Crippen molar-refractivity contribution in [2.75, 3.05) is 32.2 Å². The maximum absolute atomic E-state index is 12.1. The lowest BCUT2D eigenvalue weighted by Crippen LogP contribution is -2.28. The fourth-order valence-electron chi connectivity index (χ4n) is 1.35. The van der Waals surface area contributed by atoms with Gasteiger partial charge in [0.05, 0.1) is 6.20 Å². The van der Waals surface area contributed by atoms with E-state index in [1.807, 2.05) is 6.26 Å². The van der Waals surface area contributed by atoms with Crippen molar-refractivity contribution in [2.45, 2.75) is 17.9 Å². The Morgan fingerprint density at radius 2 is 2.28 bits per heavy atom. The van der Waals surface area contributed by atoms with E-state index in [1.165, 1.54) is 21.4 Å². The van der Waals surface area contributed by atoms with Crippen LogP contribution in [-0.2, 0) is 16.6 Å².